The monoisotopic (exact) mass is 315 g/mol. The van der Waals surface area contributed by atoms with Crippen LogP contribution in [0.3, 0.4) is 0 Å². The molecule has 2 atom stereocenters. The van der Waals surface area contributed by atoms with Gasteiger partial charge in [0.2, 0.25) is 5.91 Å². The third kappa shape index (κ3) is 3.57. The van der Waals surface area contributed by atoms with Crippen LogP contribution in [0.5, 0.6) is 0 Å². The van der Waals surface area contributed by atoms with Gasteiger partial charge < -0.3 is 10.4 Å². The first kappa shape index (κ1) is 15.3. The lowest BCUT2D eigenvalue weighted by molar-refractivity contribution is -0.122. The smallest absolute Gasteiger partial charge is 0.220 e. The number of benzene rings is 1. The maximum absolute atomic E-state index is 12.2. The molecule has 0 fully saturated rings. The van der Waals surface area contributed by atoms with Crippen molar-refractivity contribution in [3.8, 4) is 0 Å². The highest BCUT2D eigenvalue weighted by Gasteiger charge is 2.22. The largest absolute Gasteiger partial charge is 0.387 e. The van der Waals surface area contributed by atoms with Crippen LogP contribution in [0.15, 0.2) is 41.1 Å². The van der Waals surface area contributed by atoms with Crippen molar-refractivity contribution < 1.29 is 9.90 Å². The molecular formula is C18H21NO2S. The van der Waals surface area contributed by atoms with Gasteiger partial charge in [0.1, 0.15) is 0 Å². The molecule has 116 valence electrons. The van der Waals surface area contributed by atoms with Crippen molar-refractivity contribution in [2.45, 2.75) is 37.7 Å². The second kappa shape index (κ2) is 7.07. The predicted molar refractivity (Wildman–Crippen MR) is 89.0 cm³/mol. The van der Waals surface area contributed by atoms with E-state index in [9.17, 15) is 9.90 Å². The first-order valence-electron chi connectivity index (χ1n) is 7.78. The van der Waals surface area contributed by atoms with Crippen molar-refractivity contribution in [2.75, 3.05) is 6.54 Å². The van der Waals surface area contributed by atoms with E-state index in [1.807, 2.05) is 16.8 Å². The van der Waals surface area contributed by atoms with Crippen molar-refractivity contribution >= 4 is 17.2 Å². The van der Waals surface area contributed by atoms with Gasteiger partial charge in [0.25, 0.3) is 0 Å². The van der Waals surface area contributed by atoms with Crippen molar-refractivity contribution in [3.63, 3.8) is 0 Å². The number of carbonyl (C=O) groups is 1. The number of amides is 1. The number of fused-ring (bicyclic) bond motifs is 1. The van der Waals surface area contributed by atoms with Gasteiger partial charge in [-0.25, -0.2) is 0 Å². The number of aliphatic hydroxyl groups is 1. The van der Waals surface area contributed by atoms with Crippen molar-refractivity contribution in [2.24, 2.45) is 0 Å². The first-order valence-corrected chi connectivity index (χ1v) is 8.73. The molecule has 0 aliphatic heterocycles. The van der Waals surface area contributed by atoms with Crippen LogP contribution in [0.25, 0.3) is 0 Å². The number of hydrogen-bond acceptors (Lipinski definition) is 3. The van der Waals surface area contributed by atoms with Gasteiger partial charge >= 0.3 is 0 Å². The fourth-order valence-corrected chi connectivity index (χ4v) is 3.86. The summed E-state index contributed by atoms with van der Waals surface area (Å²) < 4.78 is 0. The molecule has 1 amide bonds. The summed E-state index contributed by atoms with van der Waals surface area (Å²) in [6.45, 7) is 0.282. The molecule has 0 bridgehead atoms. The van der Waals surface area contributed by atoms with Gasteiger partial charge in [0.15, 0.2) is 0 Å². The van der Waals surface area contributed by atoms with Gasteiger partial charge in [-0.3, -0.25) is 4.79 Å². The van der Waals surface area contributed by atoms with E-state index in [-0.39, 0.29) is 12.5 Å². The molecule has 3 nitrogen and oxygen atoms in total. The van der Waals surface area contributed by atoms with Crippen molar-refractivity contribution in [3.05, 3.63) is 57.8 Å². The van der Waals surface area contributed by atoms with E-state index in [0.717, 1.165) is 24.8 Å². The molecule has 0 saturated carbocycles. The Kier molecular flexibility index (Phi) is 4.90. The Morgan fingerprint density at radius 1 is 1.36 bits per heavy atom. The van der Waals surface area contributed by atoms with Gasteiger partial charge in [0, 0.05) is 13.0 Å². The Hall–Kier alpha value is -1.65. The van der Waals surface area contributed by atoms with Crippen LogP contribution in [0.2, 0.25) is 0 Å². The highest BCUT2D eigenvalue weighted by atomic mass is 32.1. The Morgan fingerprint density at radius 3 is 3.05 bits per heavy atom. The Bertz CT molecular complexity index is 624. The van der Waals surface area contributed by atoms with Crippen LogP contribution in [0.1, 0.15) is 48.0 Å². The number of aryl methyl sites for hydroxylation is 1. The molecule has 1 aliphatic carbocycles. The van der Waals surface area contributed by atoms with E-state index in [1.165, 1.54) is 11.1 Å². The quantitative estimate of drug-likeness (QED) is 0.888. The second-order valence-corrected chi connectivity index (χ2v) is 6.65. The van der Waals surface area contributed by atoms with Crippen LogP contribution in [-0.4, -0.2) is 17.6 Å². The van der Waals surface area contributed by atoms with E-state index in [1.54, 1.807) is 11.3 Å². The van der Waals surface area contributed by atoms with Crippen LogP contribution in [-0.2, 0) is 11.2 Å². The third-order valence-electron chi connectivity index (χ3n) is 4.35. The summed E-state index contributed by atoms with van der Waals surface area (Å²) in [5.74, 6) is 0.333. The van der Waals surface area contributed by atoms with Crippen LogP contribution in [0, 0.1) is 0 Å². The average Bonchev–Trinajstić information content (AvgIpc) is 3.07. The average molecular weight is 315 g/mol. The summed E-state index contributed by atoms with van der Waals surface area (Å²) >= 11 is 1.55. The molecule has 0 spiro atoms. The Morgan fingerprint density at radius 2 is 2.23 bits per heavy atom. The zero-order valence-electron chi connectivity index (χ0n) is 12.5. The molecule has 2 unspecified atom stereocenters. The van der Waals surface area contributed by atoms with Crippen LogP contribution >= 0.6 is 11.3 Å². The highest BCUT2D eigenvalue weighted by molar-refractivity contribution is 7.07. The fraction of sp³-hybridized carbons (Fsp3) is 0.389. The SMILES string of the molecule is O=C(CC1CCCc2ccccc21)NCC(O)c1ccsc1. The molecule has 0 saturated heterocycles. The maximum atomic E-state index is 12.2. The molecule has 1 aromatic heterocycles. The lowest BCUT2D eigenvalue weighted by Gasteiger charge is -2.25. The molecule has 22 heavy (non-hydrogen) atoms. The number of thiophene rings is 1. The van der Waals surface area contributed by atoms with Crippen LogP contribution in [0.4, 0.5) is 0 Å². The number of rotatable bonds is 5. The third-order valence-corrected chi connectivity index (χ3v) is 5.05. The molecule has 1 aromatic carbocycles. The zero-order valence-corrected chi connectivity index (χ0v) is 13.3. The van der Waals surface area contributed by atoms with Crippen LogP contribution < -0.4 is 5.32 Å². The minimum absolute atomic E-state index is 0.0241. The lowest BCUT2D eigenvalue weighted by atomic mass is 9.81. The minimum atomic E-state index is -0.617. The van der Waals surface area contributed by atoms with E-state index >= 15 is 0 Å². The Labute approximate surface area is 135 Å². The summed E-state index contributed by atoms with van der Waals surface area (Å²) in [6, 6.07) is 10.3. The summed E-state index contributed by atoms with van der Waals surface area (Å²) in [4.78, 5) is 12.2. The van der Waals surface area contributed by atoms with Crippen molar-refractivity contribution in [1.29, 1.82) is 0 Å². The molecule has 2 aromatic rings. The standard InChI is InChI=1S/C18H21NO2S/c20-17(15-8-9-22-12-15)11-19-18(21)10-14-6-3-5-13-4-1-2-7-16(13)14/h1-2,4,7-9,12,14,17,20H,3,5-6,10-11H2,(H,19,21). The normalized spacial score (nSPS) is 18.5. The summed E-state index contributed by atoms with van der Waals surface area (Å²) in [5, 5.41) is 16.7. The molecular weight excluding hydrogens is 294 g/mol. The number of carbonyl (C=O) groups excluding carboxylic acids is 1. The number of aliphatic hydroxyl groups excluding tert-OH is 1. The summed E-state index contributed by atoms with van der Waals surface area (Å²) in [7, 11) is 0. The topological polar surface area (TPSA) is 49.3 Å². The van der Waals surface area contributed by atoms with E-state index < -0.39 is 6.10 Å². The zero-order chi connectivity index (χ0) is 15.4. The molecule has 0 radical (unpaired) electrons. The highest BCUT2D eigenvalue weighted by Crippen LogP contribution is 2.33. The second-order valence-electron chi connectivity index (χ2n) is 5.87. The molecule has 1 heterocycles. The van der Waals surface area contributed by atoms with Gasteiger partial charge in [-0.2, -0.15) is 11.3 Å². The minimum Gasteiger partial charge on any atom is -0.387 e. The van der Waals surface area contributed by atoms with Crippen molar-refractivity contribution in [1.82, 2.24) is 5.32 Å². The molecule has 4 heteroatoms. The number of hydrogen-bond donors (Lipinski definition) is 2. The van der Waals surface area contributed by atoms with Gasteiger partial charge in [-0.15, -0.1) is 0 Å². The van der Waals surface area contributed by atoms with Gasteiger partial charge in [-0.1, -0.05) is 24.3 Å². The molecule has 3 rings (SSSR count). The number of nitrogens with one attached hydrogen (secondary N) is 1. The molecule has 1 aliphatic rings. The summed E-state index contributed by atoms with van der Waals surface area (Å²) in [6.07, 6.45) is 3.22. The van der Waals surface area contributed by atoms with Gasteiger partial charge in [-0.05, 0) is 58.7 Å². The summed E-state index contributed by atoms with van der Waals surface area (Å²) in [5.41, 5.74) is 3.57. The lowest BCUT2D eigenvalue weighted by Crippen LogP contribution is -2.30. The van der Waals surface area contributed by atoms with E-state index in [4.69, 9.17) is 0 Å². The van der Waals surface area contributed by atoms with Gasteiger partial charge in [0.05, 0.1) is 6.10 Å². The van der Waals surface area contributed by atoms with E-state index in [2.05, 4.69) is 29.6 Å². The Balaban J connectivity index is 1.54. The van der Waals surface area contributed by atoms with E-state index in [0.29, 0.717) is 12.3 Å². The fourth-order valence-electron chi connectivity index (χ4n) is 3.16. The first-order chi connectivity index (χ1) is 10.7. The maximum Gasteiger partial charge on any atom is 0.220 e. The predicted octanol–water partition coefficient (Wildman–Crippen LogP) is 3.41. The molecule has 2 N–H and O–H groups in total.